The van der Waals surface area contributed by atoms with Gasteiger partial charge in [-0.3, -0.25) is 4.79 Å². The van der Waals surface area contributed by atoms with Crippen LogP contribution in [-0.2, 0) is 33.6 Å². The first kappa shape index (κ1) is 28.2. The van der Waals surface area contributed by atoms with Crippen molar-refractivity contribution in [1.82, 2.24) is 0 Å². The predicted molar refractivity (Wildman–Crippen MR) is 146 cm³/mol. The fourth-order valence-electron chi connectivity index (χ4n) is 6.42. The summed E-state index contributed by atoms with van der Waals surface area (Å²) >= 11 is 0. The van der Waals surface area contributed by atoms with Gasteiger partial charge in [0, 0.05) is 0 Å². The molecule has 1 fully saturated rings. The molecule has 1 unspecified atom stereocenters. The second-order valence-electron chi connectivity index (χ2n) is 11.8. The van der Waals surface area contributed by atoms with E-state index in [2.05, 4.69) is 32.0 Å². The average Bonchev–Trinajstić information content (AvgIpc) is 3.18. The van der Waals surface area contributed by atoms with Crippen LogP contribution in [0.2, 0.25) is 0 Å². The minimum absolute atomic E-state index is 0.156. The third kappa shape index (κ3) is 6.76. The van der Waals surface area contributed by atoms with Crippen LogP contribution in [0.25, 0.3) is 0 Å². The minimum Gasteiger partial charge on any atom is -0.482 e. The molecule has 2 aliphatic rings. The molecule has 6 heteroatoms. The molecule has 206 valence electrons. The van der Waals surface area contributed by atoms with Gasteiger partial charge in [0.15, 0.2) is 6.61 Å². The molecule has 38 heavy (non-hydrogen) atoms. The Kier molecular flexibility index (Phi) is 9.14. The van der Waals surface area contributed by atoms with Gasteiger partial charge in [0.05, 0.1) is 18.1 Å². The SMILES string of the molecule is CC(C)Cc1ccc(C(C)C(=O)O[C@@H](C)CC[C@@H]2[C@H]3Cc4cccc(OCC(=O)O)c4C[C@H]3C[C@H]2O)cc1. The molecule has 0 aliphatic heterocycles. The van der Waals surface area contributed by atoms with E-state index in [1.54, 1.807) is 0 Å². The Morgan fingerprint density at radius 2 is 1.76 bits per heavy atom. The highest BCUT2D eigenvalue weighted by Gasteiger charge is 2.45. The van der Waals surface area contributed by atoms with Crippen LogP contribution in [-0.4, -0.2) is 41.0 Å². The number of esters is 1. The highest BCUT2D eigenvalue weighted by molar-refractivity contribution is 5.77. The van der Waals surface area contributed by atoms with Crippen molar-refractivity contribution in [3.05, 3.63) is 64.7 Å². The molecular formula is C32H42O6. The third-order valence-corrected chi connectivity index (χ3v) is 8.40. The summed E-state index contributed by atoms with van der Waals surface area (Å²) in [5.41, 5.74) is 4.51. The Hall–Kier alpha value is -2.86. The van der Waals surface area contributed by atoms with Crippen molar-refractivity contribution < 1.29 is 29.3 Å². The topological polar surface area (TPSA) is 93.1 Å². The smallest absolute Gasteiger partial charge is 0.341 e. The number of carbonyl (C=O) groups excluding carboxylic acids is 1. The van der Waals surface area contributed by atoms with Gasteiger partial charge in [0.2, 0.25) is 0 Å². The maximum absolute atomic E-state index is 12.8. The Morgan fingerprint density at radius 1 is 1.03 bits per heavy atom. The minimum atomic E-state index is -0.989. The predicted octanol–water partition coefficient (Wildman–Crippen LogP) is 5.58. The first-order valence-corrected chi connectivity index (χ1v) is 14.0. The highest BCUT2D eigenvalue weighted by atomic mass is 16.5. The number of carboxylic acids is 1. The number of aliphatic hydroxyl groups is 1. The molecule has 0 spiro atoms. The Morgan fingerprint density at radius 3 is 2.45 bits per heavy atom. The number of hydrogen-bond donors (Lipinski definition) is 2. The normalized spacial score (nSPS) is 23.8. The van der Waals surface area contributed by atoms with Crippen LogP contribution in [0.5, 0.6) is 5.75 Å². The lowest BCUT2D eigenvalue weighted by Gasteiger charge is -2.32. The molecule has 2 aliphatic carbocycles. The molecular weight excluding hydrogens is 480 g/mol. The number of hydrogen-bond acceptors (Lipinski definition) is 5. The zero-order valence-electron chi connectivity index (χ0n) is 23.1. The molecule has 0 aromatic heterocycles. The molecule has 6 nitrogen and oxygen atoms in total. The average molecular weight is 523 g/mol. The number of benzene rings is 2. The van der Waals surface area contributed by atoms with Gasteiger partial charge >= 0.3 is 11.9 Å². The van der Waals surface area contributed by atoms with Gasteiger partial charge in [-0.25, -0.2) is 4.79 Å². The van der Waals surface area contributed by atoms with Gasteiger partial charge in [0.25, 0.3) is 0 Å². The van der Waals surface area contributed by atoms with E-state index >= 15 is 0 Å². The molecule has 6 atom stereocenters. The molecule has 2 N–H and O–H groups in total. The van der Waals surface area contributed by atoms with Crippen LogP contribution >= 0.6 is 0 Å². The number of fused-ring (bicyclic) bond motifs is 2. The second-order valence-corrected chi connectivity index (χ2v) is 11.8. The lowest BCUT2D eigenvalue weighted by molar-refractivity contribution is -0.150. The van der Waals surface area contributed by atoms with E-state index < -0.39 is 5.97 Å². The number of aliphatic hydroxyl groups excluding tert-OH is 1. The summed E-state index contributed by atoms with van der Waals surface area (Å²) in [5, 5.41) is 19.9. The van der Waals surface area contributed by atoms with Crippen LogP contribution in [0.15, 0.2) is 42.5 Å². The number of rotatable bonds is 11. The molecule has 0 bridgehead atoms. The van der Waals surface area contributed by atoms with E-state index in [1.807, 2.05) is 38.1 Å². The highest BCUT2D eigenvalue weighted by Crippen LogP contribution is 2.48. The molecule has 1 saturated carbocycles. The third-order valence-electron chi connectivity index (χ3n) is 8.40. The van der Waals surface area contributed by atoms with E-state index in [9.17, 15) is 14.7 Å². The Labute approximate surface area is 226 Å². The van der Waals surface area contributed by atoms with E-state index in [1.165, 1.54) is 11.1 Å². The van der Waals surface area contributed by atoms with Gasteiger partial charge in [0.1, 0.15) is 5.75 Å². The van der Waals surface area contributed by atoms with Crippen LogP contribution in [0.3, 0.4) is 0 Å². The summed E-state index contributed by atoms with van der Waals surface area (Å²) in [5.74, 6) is 0.577. The summed E-state index contributed by atoms with van der Waals surface area (Å²) < 4.78 is 11.4. The van der Waals surface area contributed by atoms with E-state index in [4.69, 9.17) is 14.6 Å². The molecule has 0 saturated heterocycles. The second kappa shape index (κ2) is 12.3. The molecule has 0 heterocycles. The van der Waals surface area contributed by atoms with Gasteiger partial charge in [-0.2, -0.15) is 0 Å². The molecule has 4 rings (SSSR count). The van der Waals surface area contributed by atoms with Crippen LogP contribution in [0.1, 0.15) is 75.1 Å². The maximum Gasteiger partial charge on any atom is 0.341 e. The lowest BCUT2D eigenvalue weighted by atomic mass is 9.73. The van der Waals surface area contributed by atoms with Crippen LogP contribution in [0, 0.1) is 23.7 Å². The number of ether oxygens (including phenoxy) is 2. The standard InChI is InChI=1S/C32H42O6/c1-19(2)14-22-9-11-23(12-10-22)21(4)32(36)38-20(3)8-13-26-27-15-24-6-5-7-30(37-18-31(34)35)28(24)16-25(27)17-29(26)33/h5-7,9-12,19-21,25-27,29,33H,8,13-18H2,1-4H3,(H,34,35)/t20-,21?,25-,26+,27-,29+/m0/s1. The Bertz CT molecular complexity index is 1110. The van der Waals surface area contributed by atoms with Crippen molar-refractivity contribution in [2.75, 3.05) is 6.61 Å². The quantitative estimate of drug-likeness (QED) is 0.375. The fraction of sp³-hybridized carbons (Fsp3) is 0.562. The monoisotopic (exact) mass is 522 g/mol. The van der Waals surface area contributed by atoms with Crippen molar-refractivity contribution in [3.8, 4) is 5.75 Å². The Balaban J connectivity index is 1.31. The number of aliphatic carboxylic acids is 1. The summed E-state index contributed by atoms with van der Waals surface area (Å²) in [6.45, 7) is 7.88. The fourth-order valence-corrected chi connectivity index (χ4v) is 6.42. The van der Waals surface area contributed by atoms with Crippen LogP contribution < -0.4 is 4.74 Å². The largest absolute Gasteiger partial charge is 0.482 e. The zero-order valence-corrected chi connectivity index (χ0v) is 23.1. The summed E-state index contributed by atoms with van der Waals surface area (Å²) in [6, 6.07) is 14.1. The zero-order chi connectivity index (χ0) is 27.4. The first-order chi connectivity index (χ1) is 18.1. The van der Waals surface area contributed by atoms with Crippen molar-refractivity contribution in [1.29, 1.82) is 0 Å². The molecule has 0 amide bonds. The summed E-state index contributed by atoms with van der Waals surface area (Å²) in [4.78, 5) is 23.8. The molecule has 0 radical (unpaired) electrons. The number of carboxylic acid groups (broad SMARTS) is 1. The van der Waals surface area contributed by atoms with Gasteiger partial charge in [-0.05, 0) is 104 Å². The summed E-state index contributed by atoms with van der Waals surface area (Å²) in [6.07, 6.45) is 4.32. The van der Waals surface area contributed by atoms with Crippen molar-refractivity contribution in [2.45, 2.75) is 84.3 Å². The van der Waals surface area contributed by atoms with E-state index in [0.29, 0.717) is 29.9 Å². The van der Waals surface area contributed by atoms with E-state index in [0.717, 1.165) is 43.2 Å². The van der Waals surface area contributed by atoms with Gasteiger partial charge in [-0.15, -0.1) is 0 Å². The summed E-state index contributed by atoms with van der Waals surface area (Å²) in [7, 11) is 0. The first-order valence-electron chi connectivity index (χ1n) is 14.0. The lowest BCUT2D eigenvalue weighted by Crippen LogP contribution is -2.28. The molecule has 2 aromatic carbocycles. The van der Waals surface area contributed by atoms with Crippen LogP contribution in [0.4, 0.5) is 0 Å². The van der Waals surface area contributed by atoms with Gasteiger partial charge in [-0.1, -0.05) is 50.2 Å². The molecule has 2 aromatic rings. The maximum atomic E-state index is 12.8. The van der Waals surface area contributed by atoms with Crippen molar-refractivity contribution in [3.63, 3.8) is 0 Å². The van der Waals surface area contributed by atoms with Crippen molar-refractivity contribution >= 4 is 11.9 Å². The van der Waals surface area contributed by atoms with E-state index in [-0.39, 0.29) is 36.6 Å². The van der Waals surface area contributed by atoms with Crippen molar-refractivity contribution in [2.24, 2.45) is 23.7 Å². The van der Waals surface area contributed by atoms with Gasteiger partial charge < -0.3 is 19.7 Å². The number of carbonyl (C=O) groups is 2.